The van der Waals surface area contributed by atoms with Crippen LogP contribution in [0.1, 0.15) is 226 Å². The highest BCUT2D eigenvalue weighted by Crippen LogP contribution is 2.22. The number of aliphatic hydroxyl groups excluding tert-OH is 3. The first kappa shape index (κ1) is 61.2. The number of aliphatic hydroxyl groups is 3. The van der Waals surface area contributed by atoms with Gasteiger partial charge in [-0.2, -0.15) is 0 Å². The zero-order chi connectivity index (χ0) is 48.5. The molecule has 6 atom stereocenters. The molecule has 0 aromatic heterocycles. The normalized spacial score (nSPS) is 18.7. The maximum Gasteiger partial charge on any atom is 0.328 e. The Morgan fingerprint density at radius 2 is 1.00 bits per heavy atom. The lowest BCUT2D eigenvalue weighted by molar-refractivity contribution is -0.269. The molecule has 0 aromatic rings. The van der Waals surface area contributed by atoms with Crippen LogP contribution < -0.4 is 16.0 Å². The van der Waals surface area contributed by atoms with Crippen molar-refractivity contribution in [3.8, 4) is 0 Å². The Kier molecular flexibility index (Phi) is 39.2. The molecule has 15 heteroatoms. The van der Waals surface area contributed by atoms with E-state index in [0.29, 0.717) is 13.0 Å². The Labute approximate surface area is 398 Å². The highest BCUT2D eigenvalue weighted by molar-refractivity contribution is 5.87. The largest absolute Gasteiger partial charge is 0.466 e. The van der Waals surface area contributed by atoms with Gasteiger partial charge < -0.3 is 50.2 Å². The lowest BCUT2D eigenvalue weighted by atomic mass is 9.97. The third-order valence-electron chi connectivity index (χ3n) is 12.3. The fourth-order valence-corrected chi connectivity index (χ4v) is 8.20. The van der Waals surface area contributed by atoms with Crippen molar-refractivity contribution < 1.29 is 58.2 Å². The monoisotopic (exact) mass is 942 g/mol. The van der Waals surface area contributed by atoms with E-state index in [1.54, 1.807) is 0 Å². The van der Waals surface area contributed by atoms with E-state index in [0.717, 1.165) is 38.5 Å². The summed E-state index contributed by atoms with van der Waals surface area (Å²) in [6.07, 6.45) is 28.5. The molecule has 15 nitrogen and oxygen atoms in total. The van der Waals surface area contributed by atoms with Crippen LogP contribution in [0.15, 0.2) is 0 Å². The maximum absolute atomic E-state index is 13.2. The molecule has 0 spiro atoms. The molecule has 1 saturated heterocycles. The molecule has 1 aliphatic rings. The van der Waals surface area contributed by atoms with Crippen molar-refractivity contribution in [3.05, 3.63) is 0 Å². The van der Waals surface area contributed by atoms with E-state index < -0.39 is 73.0 Å². The summed E-state index contributed by atoms with van der Waals surface area (Å²) >= 11 is 0. The second-order valence-electron chi connectivity index (χ2n) is 18.4. The number of esters is 2. The Hall–Kier alpha value is -2.85. The molecule has 0 unspecified atom stereocenters. The smallest absolute Gasteiger partial charge is 0.328 e. The van der Waals surface area contributed by atoms with Gasteiger partial charge >= 0.3 is 11.9 Å². The molecule has 1 fully saturated rings. The van der Waals surface area contributed by atoms with E-state index in [-0.39, 0.29) is 45.4 Å². The molecule has 0 bridgehead atoms. The van der Waals surface area contributed by atoms with Crippen molar-refractivity contribution in [2.45, 2.75) is 263 Å². The van der Waals surface area contributed by atoms with E-state index in [1.165, 1.54) is 142 Å². The van der Waals surface area contributed by atoms with Crippen LogP contribution in [0.2, 0.25) is 0 Å². The SMILES string of the molecule is CCCCCCCCCCCCCCCCOC(=O)CC[C@H](NC(=O)CCC(=O)NCCO[C@@H]1O[C@H](CO)[C@H](O)[C@H](O)[C@H]1NC(C)=O)C(=O)OCCCCCCCCCCCCCCCC. The minimum absolute atomic E-state index is 0.00871. The minimum Gasteiger partial charge on any atom is -0.466 e. The van der Waals surface area contributed by atoms with Gasteiger partial charge in [-0.25, -0.2) is 4.79 Å². The number of rotatable bonds is 44. The predicted molar refractivity (Wildman–Crippen MR) is 257 cm³/mol. The van der Waals surface area contributed by atoms with Gasteiger partial charge in [0.05, 0.1) is 26.4 Å². The summed E-state index contributed by atoms with van der Waals surface area (Å²) in [5, 5.41) is 37.9. The van der Waals surface area contributed by atoms with Gasteiger partial charge in [0.2, 0.25) is 17.7 Å². The zero-order valence-electron chi connectivity index (χ0n) is 41.6. The fourth-order valence-electron chi connectivity index (χ4n) is 8.20. The highest BCUT2D eigenvalue weighted by atomic mass is 16.7. The van der Waals surface area contributed by atoms with Gasteiger partial charge in [0.1, 0.15) is 30.4 Å². The van der Waals surface area contributed by atoms with Crippen LogP contribution in [0.4, 0.5) is 0 Å². The van der Waals surface area contributed by atoms with Gasteiger partial charge in [-0.3, -0.25) is 19.2 Å². The summed E-state index contributed by atoms with van der Waals surface area (Å²) in [6.45, 7) is 5.54. The van der Waals surface area contributed by atoms with Crippen LogP contribution in [0.25, 0.3) is 0 Å². The fraction of sp³-hybridized carbons (Fsp3) is 0.902. The standard InChI is InChI=1S/C51H95N3O12/c1-4-6-8-10-12-14-16-18-20-22-24-26-28-30-37-63-46(59)35-32-42(50(62)64-38-31-29-27-25-23-21-19-17-15-13-11-9-7-5-2)54-45(58)34-33-44(57)52-36-39-65-51-47(53-41(3)56)49(61)48(60)43(40-55)66-51/h42-43,47-49,51,55,60-61H,4-40H2,1-3H3,(H,52,57)(H,53,56)(H,54,58)/t42-,43+,47+,48-,49+,51+/m0/s1. The number of amides is 3. The lowest BCUT2D eigenvalue weighted by Gasteiger charge is -2.42. The number of nitrogens with one attached hydrogen (secondary N) is 3. The second kappa shape index (κ2) is 42.3. The van der Waals surface area contributed by atoms with Gasteiger partial charge in [0.25, 0.3) is 0 Å². The Balaban J connectivity index is 2.46. The van der Waals surface area contributed by atoms with E-state index in [2.05, 4.69) is 29.8 Å². The zero-order valence-corrected chi connectivity index (χ0v) is 41.6. The number of unbranched alkanes of at least 4 members (excludes halogenated alkanes) is 26. The summed E-state index contributed by atoms with van der Waals surface area (Å²) < 4.78 is 22.1. The molecule has 1 rings (SSSR count). The molecule has 1 aliphatic heterocycles. The van der Waals surface area contributed by atoms with Crippen LogP contribution in [0, 0.1) is 0 Å². The number of carbonyl (C=O) groups is 5. The summed E-state index contributed by atoms with van der Waals surface area (Å²) in [4.78, 5) is 63.1. The molecule has 386 valence electrons. The molecular formula is C51H95N3O12. The van der Waals surface area contributed by atoms with Crippen molar-refractivity contribution >= 4 is 29.7 Å². The van der Waals surface area contributed by atoms with Crippen LogP contribution in [0.3, 0.4) is 0 Å². The Bertz CT molecular complexity index is 1240. The summed E-state index contributed by atoms with van der Waals surface area (Å²) in [5.41, 5.74) is 0. The number of hydrogen-bond donors (Lipinski definition) is 6. The number of hydrogen-bond acceptors (Lipinski definition) is 12. The van der Waals surface area contributed by atoms with Crippen molar-refractivity contribution in [2.75, 3.05) is 33.0 Å². The van der Waals surface area contributed by atoms with Crippen LogP contribution in [0.5, 0.6) is 0 Å². The molecule has 6 N–H and O–H groups in total. The molecule has 0 saturated carbocycles. The topological polar surface area (TPSA) is 219 Å². The molecule has 1 heterocycles. The van der Waals surface area contributed by atoms with E-state index in [1.807, 2.05) is 0 Å². The van der Waals surface area contributed by atoms with Crippen LogP contribution >= 0.6 is 0 Å². The van der Waals surface area contributed by atoms with E-state index in [4.69, 9.17) is 18.9 Å². The van der Waals surface area contributed by atoms with Gasteiger partial charge in [0, 0.05) is 32.7 Å². The van der Waals surface area contributed by atoms with Gasteiger partial charge in [-0.15, -0.1) is 0 Å². The lowest BCUT2D eigenvalue weighted by Crippen LogP contribution is -2.64. The number of ether oxygens (including phenoxy) is 4. The molecule has 0 aliphatic carbocycles. The molecule has 0 radical (unpaired) electrons. The first-order chi connectivity index (χ1) is 32.0. The Morgan fingerprint density at radius 1 is 0.561 bits per heavy atom. The van der Waals surface area contributed by atoms with Crippen molar-refractivity contribution in [1.82, 2.24) is 16.0 Å². The predicted octanol–water partition coefficient (Wildman–Crippen LogP) is 8.16. The highest BCUT2D eigenvalue weighted by Gasteiger charge is 2.45. The van der Waals surface area contributed by atoms with Crippen molar-refractivity contribution in [2.24, 2.45) is 0 Å². The quantitative estimate of drug-likeness (QED) is 0.0252. The van der Waals surface area contributed by atoms with Crippen molar-refractivity contribution in [1.29, 1.82) is 0 Å². The summed E-state index contributed by atoms with van der Waals surface area (Å²) in [6, 6.07) is -2.19. The van der Waals surface area contributed by atoms with Gasteiger partial charge in [-0.1, -0.05) is 181 Å². The number of carbonyl (C=O) groups excluding carboxylic acids is 5. The average molecular weight is 942 g/mol. The van der Waals surface area contributed by atoms with Gasteiger partial charge in [0.15, 0.2) is 6.29 Å². The minimum atomic E-state index is -1.47. The third-order valence-corrected chi connectivity index (χ3v) is 12.3. The maximum atomic E-state index is 13.2. The summed E-state index contributed by atoms with van der Waals surface area (Å²) in [7, 11) is 0. The molecule has 0 aromatic carbocycles. The molecule has 3 amide bonds. The first-order valence-electron chi connectivity index (χ1n) is 26.4. The molecular weight excluding hydrogens is 847 g/mol. The van der Waals surface area contributed by atoms with Crippen LogP contribution in [-0.4, -0.2) is 115 Å². The first-order valence-corrected chi connectivity index (χ1v) is 26.4. The van der Waals surface area contributed by atoms with Gasteiger partial charge in [-0.05, 0) is 19.3 Å². The van der Waals surface area contributed by atoms with E-state index >= 15 is 0 Å². The van der Waals surface area contributed by atoms with Crippen LogP contribution in [-0.2, 0) is 42.9 Å². The molecule has 66 heavy (non-hydrogen) atoms. The average Bonchev–Trinajstić information content (AvgIpc) is 3.30. The second-order valence-corrected chi connectivity index (χ2v) is 18.4. The Morgan fingerprint density at radius 3 is 1.45 bits per heavy atom. The van der Waals surface area contributed by atoms with Crippen molar-refractivity contribution in [3.63, 3.8) is 0 Å². The summed E-state index contributed by atoms with van der Waals surface area (Å²) in [5.74, 6) is -2.57. The third kappa shape index (κ3) is 32.8. The van der Waals surface area contributed by atoms with E-state index in [9.17, 15) is 39.3 Å².